The van der Waals surface area contributed by atoms with Gasteiger partial charge in [-0.05, 0) is 54.4 Å². The Kier molecular flexibility index (Phi) is 6.61. The lowest BCUT2D eigenvalue weighted by Crippen LogP contribution is -2.12. The molecule has 7 heteroatoms. The molecular weight excluding hydrogens is 406 g/mol. The predicted molar refractivity (Wildman–Crippen MR) is 116 cm³/mol. The summed E-state index contributed by atoms with van der Waals surface area (Å²) < 4.78 is 23.4. The predicted octanol–water partition coefficient (Wildman–Crippen LogP) is 4.38. The average Bonchev–Trinajstić information content (AvgIpc) is 2.70. The fourth-order valence-electron chi connectivity index (χ4n) is 2.73. The highest BCUT2D eigenvalue weighted by Crippen LogP contribution is 2.26. The van der Waals surface area contributed by atoms with E-state index in [2.05, 4.69) is 17.4 Å². The Labute approximate surface area is 174 Å². The summed E-state index contributed by atoms with van der Waals surface area (Å²) in [5, 5.41) is 12.4. The molecule has 0 spiro atoms. The van der Waals surface area contributed by atoms with Crippen LogP contribution in [0.5, 0.6) is 5.75 Å². The van der Waals surface area contributed by atoms with Gasteiger partial charge in [-0.3, -0.25) is 4.79 Å². The normalized spacial score (nSPS) is 11.2. The lowest BCUT2D eigenvalue weighted by atomic mass is 10.2. The summed E-state index contributed by atoms with van der Waals surface area (Å²) in [5.74, 6) is 0.246. The fourth-order valence-corrected chi connectivity index (χ4v) is 4.42. The number of aryl methyl sites for hydroxylation is 1. The minimum Gasteiger partial charge on any atom is -0.507 e. The molecule has 0 aromatic heterocycles. The van der Waals surface area contributed by atoms with Gasteiger partial charge in [0, 0.05) is 28.2 Å². The minimum atomic E-state index is -3.60. The van der Waals surface area contributed by atoms with E-state index in [1.54, 1.807) is 23.9 Å². The van der Waals surface area contributed by atoms with Gasteiger partial charge in [0.05, 0.1) is 0 Å². The van der Waals surface area contributed by atoms with Crippen LogP contribution < -0.4 is 5.32 Å². The standard InChI is InChI=1S/C22H21NO4S2/c1-29(26,27)21-15-18(9-12-20(21)24)23-22(25)17-7-10-19(11-8-17)28-14-13-16-5-3-2-4-6-16/h2-12,15,24H,13-14H2,1H3,(H,23,25). The Balaban J connectivity index is 1.60. The molecule has 3 aromatic carbocycles. The second-order valence-electron chi connectivity index (χ2n) is 6.52. The van der Waals surface area contributed by atoms with Crippen LogP contribution in [-0.4, -0.2) is 31.4 Å². The van der Waals surface area contributed by atoms with E-state index in [0.29, 0.717) is 11.3 Å². The van der Waals surface area contributed by atoms with Crippen LogP contribution in [0.1, 0.15) is 15.9 Å². The van der Waals surface area contributed by atoms with E-state index in [-0.39, 0.29) is 16.6 Å². The molecule has 0 atom stereocenters. The maximum absolute atomic E-state index is 12.4. The number of hydrogen-bond acceptors (Lipinski definition) is 5. The molecule has 0 unspecified atom stereocenters. The third kappa shape index (κ3) is 5.85. The van der Waals surface area contributed by atoms with Crippen LogP contribution in [-0.2, 0) is 16.3 Å². The molecule has 0 saturated heterocycles. The minimum absolute atomic E-state index is 0.222. The SMILES string of the molecule is CS(=O)(=O)c1cc(NC(=O)c2ccc(SCCc3ccccc3)cc2)ccc1O. The lowest BCUT2D eigenvalue weighted by Gasteiger charge is -2.09. The zero-order chi connectivity index (χ0) is 20.9. The van der Waals surface area contributed by atoms with Crippen LogP contribution in [0.4, 0.5) is 5.69 Å². The van der Waals surface area contributed by atoms with Gasteiger partial charge in [0.2, 0.25) is 0 Å². The number of sulfone groups is 1. The molecule has 0 aliphatic rings. The van der Waals surface area contributed by atoms with Gasteiger partial charge in [-0.15, -0.1) is 11.8 Å². The number of nitrogens with one attached hydrogen (secondary N) is 1. The first-order valence-electron chi connectivity index (χ1n) is 8.94. The molecule has 29 heavy (non-hydrogen) atoms. The quantitative estimate of drug-likeness (QED) is 0.432. The fraction of sp³-hybridized carbons (Fsp3) is 0.136. The summed E-state index contributed by atoms with van der Waals surface area (Å²) in [5.41, 5.74) is 2.05. The monoisotopic (exact) mass is 427 g/mol. The molecule has 0 fully saturated rings. The highest BCUT2D eigenvalue weighted by Gasteiger charge is 2.15. The number of carbonyl (C=O) groups is 1. The van der Waals surface area contributed by atoms with Gasteiger partial charge in [0.15, 0.2) is 9.84 Å². The van der Waals surface area contributed by atoms with Crippen LogP contribution in [0.15, 0.2) is 82.6 Å². The maximum Gasteiger partial charge on any atom is 0.255 e. The van der Waals surface area contributed by atoms with Crippen molar-refractivity contribution >= 4 is 33.2 Å². The van der Waals surface area contributed by atoms with E-state index < -0.39 is 9.84 Å². The highest BCUT2D eigenvalue weighted by molar-refractivity contribution is 7.99. The number of anilines is 1. The first-order valence-corrected chi connectivity index (χ1v) is 11.8. The van der Waals surface area contributed by atoms with Crippen molar-refractivity contribution in [3.05, 3.63) is 83.9 Å². The molecule has 0 aliphatic heterocycles. The number of hydrogen-bond donors (Lipinski definition) is 2. The topological polar surface area (TPSA) is 83.5 Å². The molecule has 0 radical (unpaired) electrons. The van der Waals surface area contributed by atoms with Gasteiger partial charge in [-0.1, -0.05) is 30.3 Å². The molecule has 2 N–H and O–H groups in total. The number of phenolic OH excluding ortho intramolecular Hbond substituents is 1. The Bertz CT molecular complexity index is 1100. The smallest absolute Gasteiger partial charge is 0.255 e. The van der Waals surface area contributed by atoms with Gasteiger partial charge in [0.25, 0.3) is 5.91 Å². The first kappa shape index (κ1) is 21.0. The van der Waals surface area contributed by atoms with E-state index in [4.69, 9.17) is 0 Å². The number of amides is 1. The molecule has 150 valence electrons. The van der Waals surface area contributed by atoms with Gasteiger partial charge < -0.3 is 10.4 Å². The molecule has 0 aliphatic carbocycles. The van der Waals surface area contributed by atoms with Crippen LogP contribution >= 0.6 is 11.8 Å². The van der Waals surface area contributed by atoms with Gasteiger partial charge in [-0.25, -0.2) is 8.42 Å². The molecule has 1 amide bonds. The lowest BCUT2D eigenvalue weighted by molar-refractivity contribution is 0.102. The Morgan fingerprint density at radius 3 is 2.34 bits per heavy atom. The van der Waals surface area contributed by atoms with Crippen molar-refractivity contribution in [3.8, 4) is 5.75 Å². The summed E-state index contributed by atoms with van der Waals surface area (Å²) in [7, 11) is -3.60. The van der Waals surface area contributed by atoms with Crippen LogP contribution in [0.3, 0.4) is 0 Å². The van der Waals surface area contributed by atoms with Crippen molar-refractivity contribution in [3.63, 3.8) is 0 Å². The zero-order valence-corrected chi connectivity index (χ0v) is 17.5. The van der Waals surface area contributed by atoms with Crippen molar-refractivity contribution in [1.82, 2.24) is 0 Å². The Morgan fingerprint density at radius 2 is 1.69 bits per heavy atom. The van der Waals surface area contributed by atoms with Crippen LogP contribution in [0.25, 0.3) is 0 Å². The van der Waals surface area contributed by atoms with Crippen molar-refractivity contribution < 1.29 is 18.3 Å². The molecule has 0 saturated carbocycles. The zero-order valence-electron chi connectivity index (χ0n) is 15.8. The molecular formula is C22H21NO4S2. The summed E-state index contributed by atoms with van der Waals surface area (Å²) in [6.45, 7) is 0. The number of rotatable bonds is 7. The van der Waals surface area contributed by atoms with Crippen LogP contribution in [0.2, 0.25) is 0 Å². The highest BCUT2D eigenvalue weighted by atomic mass is 32.2. The number of carbonyl (C=O) groups excluding carboxylic acids is 1. The van der Waals surface area contributed by atoms with Crippen molar-refractivity contribution in [2.75, 3.05) is 17.3 Å². The van der Waals surface area contributed by atoms with Crippen molar-refractivity contribution in [1.29, 1.82) is 0 Å². The number of benzene rings is 3. The van der Waals surface area contributed by atoms with Gasteiger partial charge in [0.1, 0.15) is 10.6 Å². The second-order valence-corrected chi connectivity index (χ2v) is 9.67. The van der Waals surface area contributed by atoms with E-state index in [1.807, 2.05) is 30.3 Å². The third-order valence-electron chi connectivity index (χ3n) is 4.24. The number of phenols is 1. The Morgan fingerprint density at radius 1 is 1.00 bits per heavy atom. The first-order chi connectivity index (χ1) is 13.8. The largest absolute Gasteiger partial charge is 0.507 e. The Hall–Kier alpha value is -2.77. The number of aromatic hydroxyl groups is 1. The van der Waals surface area contributed by atoms with Gasteiger partial charge >= 0.3 is 0 Å². The third-order valence-corrected chi connectivity index (χ3v) is 6.38. The van der Waals surface area contributed by atoms with Crippen LogP contribution in [0, 0.1) is 0 Å². The molecule has 0 bridgehead atoms. The van der Waals surface area contributed by atoms with Gasteiger partial charge in [-0.2, -0.15) is 0 Å². The summed E-state index contributed by atoms with van der Waals surface area (Å²) in [6, 6.07) is 21.5. The average molecular weight is 428 g/mol. The van der Waals surface area contributed by atoms with Crippen molar-refractivity contribution in [2.24, 2.45) is 0 Å². The summed E-state index contributed by atoms with van der Waals surface area (Å²) in [4.78, 5) is 13.3. The molecule has 3 rings (SSSR count). The molecule has 3 aromatic rings. The summed E-state index contributed by atoms with van der Waals surface area (Å²) >= 11 is 1.72. The van der Waals surface area contributed by atoms with E-state index in [1.165, 1.54) is 23.8 Å². The second kappa shape index (κ2) is 9.15. The van der Waals surface area contributed by atoms with E-state index >= 15 is 0 Å². The van der Waals surface area contributed by atoms with Crippen molar-refractivity contribution in [2.45, 2.75) is 16.2 Å². The maximum atomic E-state index is 12.4. The van der Waals surface area contributed by atoms with E-state index in [9.17, 15) is 18.3 Å². The molecule has 5 nitrogen and oxygen atoms in total. The number of thioether (sulfide) groups is 1. The van der Waals surface area contributed by atoms with E-state index in [0.717, 1.165) is 23.3 Å². The molecule has 0 heterocycles. The summed E-state index contributed by atoms with van der Waals surface area (Å²) in [6.07, 6.45) is 1.97.